The summed E-state index contributed by atoms with van der Waals surface area (Å²) in [4.78, 5) is 11.7. The second kappa shape index (κ2) is 6.08. The molecular weight excluding hydrogens is 360 g/mol. The van der Waals surface area contributed by atoms with Gasteiger partial charge in [-0.15, -0.1) is 0 Å². The fraction of sp³-hybridized carbons (Fsp3) is 0.167. The summed E-state index contributed by atoms with van der Waals surface area (Å²) in [6.07, 6.45) is 0. The van der Waals surface area contributed by atoms with Gasteiger partial charge < -0.3 is 13.9 Å². The van der Waals surface area contributed by atoms with Crippen LogP contribution in [0.2, 0.25) is 0 Å². The molecule has 0 radical (unpaired) electrons. The fourth-order valence-corrected chi connectivity index (χ4v) is 2.99. The van der Waals surface area contributed by atoms with Crippen LogP contribution >= 0.6 is 15.9 Å². The minimum absolute atomic E-state index is 0.215. The van der Waals surface area contributed by atoms with Gasteiger partial charge in [0.05, 0.1) is 5.56 Å². The lowest BCUT2D eigenvalue weighted by Crippen LogP contribution is -2.09. The van der Waals surface area contributed by atoms with E-state index in [4.69, 9.17) is 8.83 Å². The lowest BCUT2D eigenvalue weighted by molar-refractivity contribution is 0.0695. The molecule has 0 aliphatic carbocycles. The van der Waals surface area contributed by atoms with E-state index in [0.717, 1.165) is 11.5 Å². The molecule has 0 saturated carbocycles. The number of aryl methyl sites for hydroxylation is 2. The molecule has 3 rings (SSSR count). The maximum Gasteiger partial charge on any atom is 0.336 e. The third-order valence-electron chi connectivity index (χ3n) is 3.65. The van der Waals surface area contributed by atoms with Crippen molar-refractivity contribution in [2.45, 2.75) is 19.8 Å². The van der Waals surface area contributed by atoms with E-state index < -0.39 is 11.9 Å². The van der Waals surface area contributed by atoms with Gasteiger partial charge in [-0.2, -0.15) is 0 Å². The Bertz CT molecular complexity index is 819. The summed E-state index contributed by atoms with van der Waals surface area (Å²) in [6, 6.07) is 12.6. The molecule has 2 aromatic heterocycles. The molecule has 1 aromatic carbocycles. The van der Waals surface area contributed by atoms with E-state index in [1.54, 1.807) is 12.1 Å². The van der Waals surface area contributed by atoms with Crippen LogP contribution in [-0.2, 0) is 0 Å². The van der Waals surface area contributed by atoms with Gasteiger partial charge in [0.15, 0.2) is 0 Å². The standard InChI is InChI=1S/C18H15BrO4/c1-10-3-7-15(22-10)17(16-8-4-11(2)23-16)13-6-5-12(19)9-14(13)18(20)21/h3-9,17H,1-2H3,(H,20,21). The van der Waals surface area contributed by atoms with Crippen molar-refractivity contribution in [3.05, 3.63) is 81.1 Å². The second-order valence-corrected chi connectivity index (χ2v) is 6.28. The molecule has 0 amide bonds. The summed E-state index contributed by atoms with van der Waals surface area (Å²) >= 11 is 3.32. The monoisotopic (exact) mass is 374 g/mol. The Balaban J connectivity index is 2.22. The Morgan fingerprint density at radius 3 is 2.00 bits per heavy atom. The van der Waals surface area contributed by atoms with E-state index >= 15 is 0 Å². The average molecular weight is 375 g/mol. The van der Waals surface area contributed by atoms with Crippen LogP contribution in [0, 0.1) is 13.8 Å². The normalized spacial score (nSPS) is 11.1. The number of aromatic carboxylic acids is 1. The molecule has 4 nitrogen and oxygen atoms in total. The SMILES string of the molecule is Cc1ccc(C(c2ccc(C)o2)c2ccc(Br)cc2C(=O)O)o1. The molecular formula is C18H15BrO4. The molecule has 23 heavy (non-hydrogen) atoms. The van der Waals surface area contributed by atoms with Crippen LogP contribution in [0.4, 0.5) is 0 Å². The van der Waals surface area contributed by atoms with Crippen molar-refractivity contribution < 1.29 is 18.7 Å². The Morgan fingerprint density at radius 1 is 1.00 bits per heavy atom. The van der Waals surface area contributed by atoms with Gasteiger partial charge >= 0.3 is 5.97 Å². The molecule has 0 atom stereocenters. The Morgan fingerprint density at radius 2 is 1.57 bits per heavy atom. The zero-order valence-electron chi connectivity index (χ0n) is 12.7. The van der Waals surface area contributed by atoms with Gasteiger partial charge in [0.1, 0.15) is 29.0 Å². The zero-order valence-corrected chi connectivity index (χ0v) is 14.3. The number of carbonyl (C=O) groups is 1. The van der Waals surface area contributed by atoms with Gasteiger partial charge in [0.25, 0.3) is 0 Å². The van der Waals surface area contributed by atoms with Crippen LogP contribution in [0.15, 0.2) is 55.8 Å². The highest BCUT2D eigenvalue weighted by atomic mass is 79.9. The predicted molar refractivity (Wildman–Crippen MR) is 88.9 cm³/mol. The number of hydrogen-bond acceptors (Lipinski definition) is 3. The second-order valence-electron chi connectivity index (χ2n) is 5.37. The third-order valence-corrected chi connectivity index (χ3v) is 4.14. The van der Waals surface area contributed by atoms with E-state index in [9.17, 15) is 9.90 Å². The molecule has 0 aliphatic heterocycles. The first-order chi connectivity index (χ1) is 11.0. The van der Waals surface area contributed by atoms with Gasteiger partial charge in [-0.3, -0.25) is 0 Å². The van der Waals surface area contributed by atoms with Crippen molar-refractivity contribution >= 4 is 21.9 Å². The van der Waals surface area contributed by atoms with Crippen molar-refractivity contribution in [2.75, 3.05) is 0 Å². The van der Waals surface area contributed by atoms with E-state index in [0.29, 0.717) is 21.6 Å². The molecule has 0 saturated heterocycles. The molecule has 0 spiro atoms. The molecule has 3 aromatic rings. The molecule has 5 heteroatoms. The zero-order chi connectivity index (χ0) is 16.6. The van der Waals surface area contributed by atoms with Crippen LogP contribution in [0.1, 0.15) is 44.9 Å². The number of furan rings is 2. The molecule has 0 bridgehead atoms. The number of carboxylic acid groups (broad SMARTS) is 1. The van der Waals surface area contributed by atoms with Gasteiger partial charge in [-0.05, 0) is 55.8 Å². The van der Waals surface area contributed by atoms with Crippen molar-refractivity contribution in [1.82, 2.24) is 0 Å². The van der Waals surface area contributed by atoms with E-state index in [-0.39, 0.29) is 5.56 Å². The Hall–Kier alpha value is -2.27. The van der Waals surface area contributed by atoms with E-state index in [1.165, 1.54) is 0 Å². The summed E-state index contributed by atoms with van der Waals surface area (Å²) in [6.45, 7) is 3.71. The van der Waals surface area contributed by atoms with Crippen molar-refractivity contribution in [3.63, 3.8) is 0 Å². The first-order valence-electron chi connectivity index (χ1n) is 7.11. The van der Waals surface area contributed by atoms with Crippen LogP contribution in [0.3, 0.4) is 0 Å². The molecule has 118 valence electrons. The maximum absolute atomic E-state index is 11.7. The van der Waals surface area contributed by atoms with Gasteiger partial charge in [0, 0.05) is 4.47 Å². The third kappa shape index (κ3) is 3.10. The minimum atomic E-state index is -0.988. The highest BCUT2D eigenvalue weighted by Gasteiger charge is 2.27. The highest BCUT2D eigenvalue weighted by molar-refractivity contribution is 9.10. The lowest BCUT2D eigenvalue weighted by atomic mass is 9.90. The summed E-state index contributed by atoms with van der Waals surface area (Å²) in [5.74, 6) is 1.45. The van der Waals surface area contributed by atoms with Crippen LogP contribution in [-0.4, -0.2) is 11.1 Å². The summed E-state index contributed by atoms with van der Waals surface area (Å²) < 4.78 is 12.2. The van der Waals surface area contributed by atoms with Gasteiger partial charge in [-0.1, -0.05) is 22.0 Å². The number of benzene rings is 1. The molecule has 0 fully saturated rings. The minimum Gasteiger partial charge on any atom is -0.478 e. The number of hydrogen-bond donors (Lipinski definition) is 1. The molecule has 1 N–H and O–H groups in total. The summed E-state index contributed by atoms with van der Waals surface area (Å²) in [5, 5.41) is 9.56. The summed E-state index contributed by atoms with van der Waals surface area (Å²) in [5.41, 5.74) is 0.844. The quantitative estimate of drug-likeness (QED) is 0.687. The van der Waals surface area contributed by atoms with Crippen molar-refractivity contribution in [2.24, 2.45) is 0 Å². The number of carboxylic acids is 1. The van der Waals surface area contributed by atoms with Gasteiger partial charge in [0.2, 0.25) is 0 Å². The largest absolute Gasteiger partial charge is 0.478 e. The smallest absolute Gasteiger partial charge is 0.336 e. The first kappa shape index (κ1) is 15.6. The highest BCUT2D eigenvalue weighted by Crippen LogP contribution is 2.36. The van der Waals surface area contributed by atoms with Crippen molar-refractivity contribution in [3.8, 4) is 0 Å². The van der Waals surface area contributed by atoms with Crippen LogP contribution < -0.4 is 0 Å². The van der Waals surface area contributed by atoms with Gasteiger partial charge in [-0.25, -0.2) is 4.79 Å². The topological polar surface area (TPSA) is 63.6 Å². The lowest BCUT2D eigenvalue weighted by Gasteiger charge is -2.16. The number of rotatable bonds is 4. The predicted octanol–water partition coefficient (Wildman–Crippen LogP) is 5.13. The Kier molecular flexibility index (Phi) is 4.13. The Labute approximate surface area is 141 Å². The fourth-order valence-electron chi connectivity index (χ4n) is 2.63. The van der Waals surface area contributed by atoms with Crippen molar-refractivity contribution in [1.29, 1.82) is 0 Å². The van der Waals surface area contributed by atoms with E-state index in [1.807, 2.05) is 44.2 Å². The average Bonchev–Trinajstić information content (AvgIpc) is 3.10. The van der Waals surface area contributed by atoms with Crippen LogP contribution in [0.5, 0.6) is 0 Å². The molecule has 2 heterocycles. The molecule has 0 unspecified atom stereocenters. The van der Waals surface area contributed by atoms with Crippen LogP contribution in [0.25, 0.3) is 0 Å². The summed E-state index contributed by atoms with van der Waals surface area (Å²) in [7, 11) is 0. The first-order valence-corrected chi connectivity index (χ1v) is 7.90. The van der Waals surface area contributed by atoms with E-state index in [2.05, 4.69) is 15.9 Å². The number of halogens is 1. The molecule has 0 aliphatic rings. The maximum atomic E-state index is 11.7.